The van der Waals surface area contributed by atoms with Crippen LogP contribution in [0.1, 0.15) is 27.2 Å². The Balaban J connectivity index is 4.10. The van der Waals surface area contributed by atoms with Gasteiger partial charge in [0.1, 0.15) is 6.29 Å². The lowest BCUT2D eigenvalue weighted by Crippen LogP contribution is -2.18. The quantitative estimate of drug-likeness (QED) is 0.547. The van der Waals surface area contributed by atoms with Gasteiger partial charge >= 0.3 is 0 Å². The zero-order valence-corrected chi connectivity index (χ0v) is 6.72. The van der Waals surface area contributed by atoms with Gasteiger partial charge in [-0.2, -0.15) is 5.26 Å². The van der Waals surface area contributed by atoms with Crippen molar-refractivity contribution in [2.45, 2.75) is 27.2 Å². The molecule has 0 bridgehead atoms. The second-order valence-corrected chi connectivity index (χ2v) is 3.45. The van der Waals surface area contributed by atoms with Gasteiger partial charge in [-0.05, 0) is 5.41 Å². The van der Waals surface area contributed by atoms with E-state index in [9.17, 15) is 4.79 Å². The van der Waals surface area contributed by atoms with Gasteiger partial charge in [-0.15, -0.1) is 0 Å². The number of nitriles is 1. The second kappa shape index (κ2) is 3.36. The van der Waals surface area contributed by atoms with Crippen LogP contribution in [0, 0.1) is 22.7 Å². The lowest BCUT2D eigenvalue weighted by Gasteiger charge is -2.22. The van der Waals surface area contributed by atoms with Crippen molar-refractivity contribution < 1.29 is 4.79 Å². The molecular formula is C8H13NO. The molecule has 0 heterocycles. The molecule has 0 spiro atoms. The Morgan fingerprint density at radius 2 is 2.10 bits per heavy atom. The number of aldehydes is 1. The van der Waals surface area contributed by atoms with Crippen LogP contribution in [-0.4, -0.2) is 6.29 Å². The Morgan fingerprint density at radius 3 is 2.20 bits per heavy atom. The van der Waals surface area contributed by atoms with Crippen molar-refractivity contribution in [3.05, 3.63) is 0 Å². The number of hydrogen-bond donors (Lipinski definition) is 0. The molecule has 0 aliphatic carbocycles. The molecule has 0 aromatic heterocycles. The van der Waals surface area contributed by atoms with E-state index in [-0.39, 0.29) is 11.3 Å². The molecule has 1 atom stereocenters. The van der Waals surface area contributed by atoms with E-state index in [2.05, 4.69) is 6.07 Å². The maximum absolute atomic E-state index is 10.1. The third-order valence-corrected chi connectivity index (χ3v) is 1.53. The molecule has 0 aliphatic rings. The van der Waals surface area contributed by atoms with Crippen LogP contribution in [0.3, 0.4) is 0 Å². The normalized spacial score (nSPS) is 13.8. The van der Waals surface area contributed by atoms with Crippen molar-refractivity contribution >= 4 is 6.29 Å². The van der Waals surface area contributed by atoms with Gasteiger partial charge in [0.15, 0.2) is 0 Å². The van der Waals surface area contributed by atoms with Crippen LogP contribution >= 0.6 is 0 Å². The molecule has 0 saturated carbocycles. The highest BCUT2D eigenvalue weighted by molar-refractivity contribution is 5.50. The van der Waals surface area contributed by atoms with Gasteiger partial charge in [-0.1, -0.05) is 20.8 Å². The second-order valence-electron chi connectivity index (χ2n) is 3.45. The van der Waals surface area contributed by atoms with Crippen LogP contribution in [0.5, 0.6) is 0 Å². The van der Waals surface area contributed by atoms with E-state index in [0.717, 1.165) is 6.29 Å². The van der Waals surface area contributed by atoms with Gasteiger partial charge in [-0.25, -0.2) is 0 Å². The van der Waals surface area contributed by atoms with Gasteiger partial charge in [-0.3, -0.25) is 0 Å². The van der Waals surface area contributed by atoms with Gasteiger partial charge in [0.25, 0.3) is 0 Å². The maximum atomic E-state index is 10.1. The van der Waals surface area contributed by atoms with E-state index < -0.39 is 0 Å². The van der Waals surface area contributed by atoms with Crippen molar-refractivity contribution in [1.82, 2.24) is 0 Å². The number of carbonyl (C=O) groups is 1. The van der Waals surface area contributed by atoms with Crippen molar-refractivity contribution in [3.8, 4) is 6.07 Å². The van der Waals surface area contributed by atoms with E-state index in [1.807, 2.05) is 20.8 Å². The number of carbonyl (C=O) groups excluding carboxylic acids is 1. The number of nitrogens with zero attached hydrogens (tertiary/aromatic N) is 1. The summed E-state index contributed by atoms with van der Waals surface area (Å²) in [6.45, 7) is 5.89. The molecule has 0 saturated heterocycles. The summed E-state index contributed by atoms with van der Waals surface area (Å²) in [6, 6.07) is 2.11. The van der Waals surface area contributed by atoms with Crippen molar-refractivity contribution in [2.24, 2.45) is 11.3 Å². The first-order valence-electron chi connectivity index (χ1n) is 3.35. The first-order chi connectivity index (χ1) is 4.52. The summed E-state index contributed by atoms with van der Waals surface area (Å²) in [5, 5.41) is 8.58. The highest BCUT2D eigenvalue weighted by atomic mass is 16.1. The van der Waals surface area contributed by atoms with E-state index >= 15 is 0 Å². The molecule has 0 fully saturated rings. The minimum Gasteiger partial charge on any atom is -0.303 e. The zero-order valence-electron chi connectivity index (χ0n) is 6.72. The molecule has 0 radical (unpaired) electrons. The fraction of sp³-hybridized carbons (Fsp3) is 0.750. The van der Waals surface area contributed by atoms with Gasteiger partial charge in [0.2, 0.25) is 0 Å². The highest BCUT2D eigenvalue weighted by Gasteiger charge is 2.23. The summed E-state index contributed by atoms with van der Waals surface area (Å²) in [6.07, 6.45) is 1.15. The van der Waals surface area contributed by atoms with Crippen LogP contribution in [0.4, 0.5) is 0 Å². The summed E-state index contributed by atoms with van der Waals surface area (Å²) in [5.41, 5.74) is -0.0737. The predicted molar refractivity (Wildman–Crippen MR) is 39.2 cm³/mol. The fourth-order valence-electron chi connectivity index (χ4n) is 0.696. The standard InChI is InChI=1S/C8H13NO/c1-8(2,3)7(6-9)4-5-10/h5,7H,4H2,1-3H3/t7-/m1/s1. The molecule has 0 aromatic rings. The van der Waals surface area contributed by atoms with E-state index in [4.69, 9.17) is 5.26 Å². The summed E-state index contributed by atoms with van der Waals surface area (Å²) >= 11 is 0. The SMILES string of the molecule is CC(C)(C)[C@@H](C#N)CC=O. The molecule has 2 nitrogen and oxygen atoms in total. The average Bonchev–Trinajstić information content (AvgIpc) is 1.80. The lowest BCUT2D eigenvalue weighted by molar-refractivity contribution is -0.108. The Kier molecular flexibility index (Phi) is 3.08. The molecule has 0 aromatic carbocycles. The summed E-state index contributed by atoms with van der Waals surface area (Å²) < 4.78 is 0. The Bertz CT molecular complexity index is 150. The first kappa shape index (κ1) is 9.16. The van der Waals surface area contributed by atoms with Crippen LogP contribution in [0.25, 0.3) is 0 Å². The molecule has 0 N–H and O–H groups in total. The van der Waals surface area contributed by atoms with E-state index in [1.54, 1.807) is 0 Å². The summed E-state index contributed by atoms with van der Waals surface area (Å²) in [7, 11) is 0. The molecule has 56 valence electrons. The molecule has 2 heteroatoms. The predicted octanol–water partition coefficient (Wildman–Crippen LogP) is 1.76. The smallest absolute Gasteiger partial charge is 0.121 e. The Hall–Kier alpha value is -0.840. The molecule has 10 heavy (non-hydrogen) atoms. The molecule has 0 rings (SSSR count). The summed E-state index contributed by atoms with van der Waals surface area (Å²) in [5.74, 6) is -0.148. The zero-order chi connectivity index (χ0) is 8.20. The number of rotatable bonds is 2. The van der Waals surface area contributed by atoms with Crippen molar-refractivity contribution in [3.63, 3.8) is 0 Å². The largest absolute Gasteiger partial charge is 0.303 e. The highest BCUT2D eigenvalue weighted by Crippen LogP contribution is 2.26. The van der Waals surface area contributed by atoms with Crippen LogP contribution < -0.4 is 0 Å². The van der Waals surface area contributed by atoms with Crippen molar-refractivity contribution in [2.75, 3.05) is 0 Å². The molecule has 0 amide bonds. The summed E-state index contributed by atoms with van der Waals surface area (Å²) in [4.78, 5) is 10.1. The number of hydrogen-bond acceptors (Lipinski definition) is 2. The van der Waals surface area contributed by atoms with Crippen LogP contribution in [0.15, 0.2) is 0 Å². The minimum atomic E-state index is -0.148. The molecule has 0 aliphatic heterocycles. The maximum Gasteiger partial charge on any atom is 0.121 e. The van der Waals surface area contributed by atoms with Crippen LogP contribution in [0.2, 0.25) is 0 Å². The minimum absolute atomic E-state index is 0.0737. The Labute approximate surface area is 61.8 Å². The third kappa shape index (κ3) is 2.63. The van der Waals surface area contributed by atoms with Gasteiger partial charge < -0.3 is 4.79 Å². The van der Waals surface area contributed by atoms with Crippen molar-refractivity contribution in [1.29, 1.82) is 5.26 Å². The fourth-order valence-corrected chi connectivity index (χ4v) is 0.696. The molecular weight excluding hydrogens is 126 g/mol. The lowest BCUT2D eigenvalue weighted by atomic mass is 9.80. The van der Waals surface area contributed by atoms with Gasteiger partial charge in [0, 0.05) is 6.42 Å². The van der Waals surface area contributed by atoms with Crippen LogP contribution in [-0.2, 0) is 4.79 Å². The Morgan fingerprint density at radius 1 is 1.60 bits per heavy atom. The third-order valence-electron chi connectivity index (χ3n) is 1.53. The monoisotopic (exact) mass is 139 g/mol. The van der Waals surface area contributed by atoms with E-state index in [1.165, 1.54) is 0 Å². The average molecular weight is 139 g/mol. The first-order valence-corrected chi connectivity index (χ1v) is 3.35. The topological polar surface area (TPSA) is 40.9 Å². The van der Waals surface area contributed by atoms with E-state index in [0.29, 0.717) is 6.42 Å². The van der Waals surface area contributed by atoms with Gasteiger partial charge in [0.05, 0.1) is 12.0 Å². The molecule has 0 unspecified atom stereocenters.